The second kappa shape index (κ2) is 10.3. The number of hydrogen-bond acceptors (Lipinski definition) is 7. The smallest absolute Gasteiger partial charge is 0.308 e. The molecular formula is C22H25N5O4. The summed E-state index contributed by atoms with van der Waals surface area (Å²) in [5.41, 5.74) is 2.70. The summed E-state index contributed by atoms with van der Waals surface area (Å²) in [5.74, 6) is 0.369. The van der Waals surface area contributed by atoms with Crippen LogP contribution in [-0.2, 0) is 20.9 Å². The molecule has 9 nitrogen and oxygen atoms in total. The molecule has 0 bridgehead atoms. The number of carbonyl (C=O) groups is 2. The van der Waals surface area contributed by atoms with Gasteiger partial charge in [-0.15, -0.1) is 10.2 Å². The molecule has 1 aromatic heterocycles. The number of nitrogens with zero attached hydrogens (tertiary/aromatic N) is 4. The predicted molar refractivity (Wildman–Crippen MR) is 113 cm³/mol. The molecule has 2 aromatic carbocycles. The standard InChI is InChI=1S/C22H25N5O4/c1-4-31-21(29)13-19(16-9-11-18(30-3)12-10-16)23-20(28)14-27-25-22(24-26-27)17-7-5-15(2)6-8-17/h5-12,19H,4,13-14H2,1-3H3,(H,23,28)/t19-/m1/s1. The number of amides is 1. The molecule has 0 saturated heterocycles. The molecule has 31 heavy (non-hydrogen) atoms. The molecule has 162 valence electrons. The SMILES string of the molecule is CCOC(=O)C[C@@H](NC(=O)Cn1nnc(-c2ccc(C)cc2)n1)c1ccc(OC)cc1. The fourth-order valence-corrected chi connectivity index (χ4v) is 2.97. The van der Waals surface area contributed by atoms with E-state index in [0.717, 1.165) is 16.7 Å². The van der Waals surface area contributed by atoms with Gasteiger partial charge >= 0.3 is 5.97 Å². The number of ether oxygens (including phenoxy) is 2. The Hall–Kier alpha value is -3.75. The number of rotatable bonds is 9. The van der Waals surface area contributed by atoms with Crippen LogP contribution in [0.25, 0.3) is 11.4 Å². The van der Waals surface area contributed by atoms with E-state index in [2.05, 4.69) is 20.7 Å². The minimum Gasteiger partial charge on any atom is -0.497 e. The van der Waals surface area contributed by atoms with Gasteiger partial charge in [0.2, 0.25) is 11.7 Å². The number of aromatic nitrogens is 4. The van der Waals surface area contributed by atoms with Crippen molar-refractivity contribution >= 4 is 11.9 Å². The average Bonchev–Trinajstić information content (AvgIpc) is 3.22. The fraction of sp³-hybridized carbons (Fsp3) is 0.318. The summed E-state index contributed by atoms with van der Waals surface area (Å²) in [4.78, 5) is 25.9. The molecular weight excluding hydrogens is 398 g/mol. The van der Waals surface area contributed by atoms with E-state index in [0.29, 0.717) is 11.6 Å². The van der Waals surface area contributed by atoms with Crippen LogP contribution in [0.3, 0.4) is 0 Å². The van der Waals surface area contributed by atoms with Gasteiger partial charge in [0.25, 0.3) is 0 Å². The van der Waals surface area contributed by atoms with E-state index in [1.807, 2.05) is 31.2 Å². The maximum atomic E-state index is 12.6. The molecule has 1 atom stereocenters. The number of carbonyl (C=O) groups excluding carboxylic acids is 2. The molecule has 0 unspecified atom stereocenters. The highest BCUT2D eigenvalue weighted by Crippen LogP contribution is 2.21. The van der Waals surface area contributed by atoms with E-state index in [1.165, 1.54) is 4.80 Å². The Kier molecular flexibility index (Phi) is 7.31. The van der Waals surface area contributed by atoms with Crippen LogP contribution in [-0.4, -0.2) is 45.8 Å². The van der Waals surface area contributed by atoms with Gasteiger partial charge in [0.05, 0.1) is 26.2 Å². The lowest BCUT2D eigenvalue weighted by Gasteiger charge is -2.18. The molecule has 0 saturated carbocycles. The summed E-state index contributed by atoms with van der Waals surface area (Å²) in [6.45, 7) is 3.87. The maximum Gasteiger partial charge on any atom is 0.308 e. The molecule has 0 fully saturated rings. The number of tetrazole rings is 1. The molecule has 9 heteroatoms. The van der Waals surface area contributed by atoms with Crippen molar-refractivity contribution in [2.24, 2.45) is 0 Å². The largest absolute Gasteiger partial charge is 0.497 e. The van der Waals surface area contributed by atoms with Gasteiger partial charge in [-0.3, -0.25) is 9.59 Å². The molecule has 1 amide bonds. The van der Waals surface area contributed by atoms with Crippen molar-refractivity contribution in [3.8, 4) is 17.1 Å². The Morgan fingerprint density at radius 2 is 1.81 bits per heavy atom. The van der Waals surface area contributed by atoms with Gasteiger partial charge in [0, 0.05) is 5.56 Å². The van der Waals surface area contributed by atoms with Crippen LogP contribution in [0.5, 0.6) is 5.75 Å². The van der Waals surface area contributed by atoms with Crippen molar-refractivity contribution < 1.29 is 19.1 Å². The zero-order chi connectivity index (χ0) is 22.2. The number of methoxy groups -OCH3 is 1. The molecule has 1 heterocycles. The van der Waals surface area contributed by atoms with E-state index >= 15 is 0 Å². The van der Waals surface area contributed by atoms with E-state index in [9.17, 15) is 9.59 Å². The van der Waals surface area contributed by atoms with E-state index in [-0.39, 0.29) is 25.5 Å². The van der Waals surface area contributed by atoms with Crippen LogP contribution in [0.2, 0.25) is 0 Å². The van der Waals surface area contributed by atoms with Crippen molar-refractivity contribution in [3.63, 3.8) is 0 Å². The van der Waals surface area contributed by atoms with Gasteiger partial charge in [-0.2, -0.15) is 4.80 Å². The summed E-state index contributed by atoms with van der Waals surface area (Å²) >= 11 is 0. The molecule has 3 rings (SSSR count). The minimum absolute atomic E-state index is 0.00527. The Labute approximate surface area is 180 Å². The first kappa shape index (κ1) is 21.9. The Balaban J connectivity index is 1.69. The molecule has 0 aliphatic carbocycles. The number of benzene rings is 2. The summed E-state index contributed by atoms with van der Waals surface area (Å²) in [6, 6.07) is 14.3. The van der Waals surface area contributed by atoms with E-state index < -0.39 is 12.0 Å². The van der Waals surface area contributed by atoms with Gasteiger partial charge in [-0.05, 0) is 36.8 Å². The van der Waals surface area contributed by atoms with Crippen LogP contribution in [0.4, 0.5) is 0 Å². The van der Waals surface area contributed by atoms with Crippen LogP contribution in [0, 0.1) is 6.92 Å². The van der Waals surface area contributed by atoms with Crippen LogP contribution in [0.1, 0.15) is 30.5 Å². The normalized spacial score (nSPS) is 11.6. The first-order chi connectivity index (χ1) is 15.0. The molecule has 0 radical (unpaired) electrons. The second-order valence-electron chi connectivity index (χ2n) is 6.91. The Bertz CT molecular complexity index is 1020. The number of aryl methyl sites for hydroxylation is 1. The summed E-state index contributed by atoms with van der Waals surface area (Å²) in [7, 11) is 1.57. The zero-order valence-corrected chi connectivity index (χ0v) is 17.7. The van der Waals surface area contributed by atoms with Crippen molar-refractivity contribution in [3.05, 3.63) is 59.7 Å². The molecule has 3 aromatic rings. The summed E-state index contributed by atoms with van der Waals surface area (Å²) in [6.07, 6.45) is 0.00527. The lowest BCUT2D eigenvalue weighted by atomic mass is 10.0. The number of hydrogen-bond donors (Lipinski definition) is 1. The fourth-order valence-electron chi connectivity index (χ4n) is 2.97. The highest BCUT2D eigenvalue weighted by molar-refractivity contribution is 5.78. The summed E-state index contributed by atoms with van der Waals surface area (Å²) < 4.78 is 10.2. The van der Waals surface area contributed by atoms with E-state index in [1.54, 1.807) is 38.3 Å². The van der Waals surface area contributed by atoms with Gasteiger partial charge in [-0.25, -0.2) is 0 Å². The topological polar surface area (TPSA) is 108 Å². The Morgan fingerprint density at radius 3 is 2.45 bits per heavy atom. The monoisotopic (exact) mass is 423 g/mol. The second-order valence-corrected chi connectivity index (χ2v) is 6.91. The van der Waals surface area contributed by atoms with Crippen molar-refractivity contribution in [1.82, 2.24) is 25.5 Å². The third kappa shape index (κ3) is 6.11. The highest BCUT2D eigenvalue weighted by Gasteiger charge is 2.20. The van der Waals surface area contributed by atoms with Gasteiger partial charge in [0.1, 0.15) is 12.3 Å². The molecule has 1 N–H and O–H groups in total. The molecule has 0 aliphatic rings. The van der Waals surface area contributed by atoms with Crippen molar-refractivity contribution in [1.29, 1.82) is 0 Å². The number of esters is 1. The molecule has 0 aliphatic heterocycles. The van der Waals surface area contributed by atoms with E-state index in [4.69, 9.17) is 9.47 Å². The van der Waals surface area contributed by atoms with Crippen LogP contribution < -0.4 is 10.1 Å². The average molecular weight is 423 g/mol. The zero-order valence-electron chi connectivity index (χ0n) is 17.7. The van der Waals surface area contributed by atoms with Crippen molar-refractivity contribution in [2.75, 3.05) is 13.7 Å². The van der Waals surface area contributed by atoms with Gasteiger partial charge in [-0.1, -0.05) is 42.0 Å². The summed E-state index contributed by atoms with van der Waals surface area (Å²) in [5, 5.41) is 15.1. The van der Waals surface area contributed by atoms with Crippen LogP contribution in [0.15, 0.2) is 48.5 Å². The predicted octanol–water partition coefficient (Wildman–Crippen LogP) is 2.47. The third-order valence-electron chi connectivity index (χ3n) is 4.58. The number of nitrogens with one attached hydrogen (secondary N) is 1. The maximum absolute atomic E-state index is 12.6. The lowest BCUT2D eigenvalue weighted by Crippen LogP contribution is -2.33. The van der Waals surface area contributed by atoms with Crippen LogP contribution >= 0.6 is 0 Å². The molecule has 0 spiro atoms. The third-order valence-corrected chi connectivity index (χ3v) is 4.58. The Morgan fingerprint density at radius 1 is 1.10 bits per heavy atom. The lowest BCUT2D eigenvalue weighted by molar-refractivity contribution is -0.143. The first-order valence-electron chi connectivity index (χ1n) is 9.92. The quantitative estimate of drug-likeness (QED) is 0.527. The first-order valence-corrected chi connectivity index (χ1v) is 9.92. The van der Waals surface area contributed by atoms with Gasteiger partial charge < -0.3 is 14.8 Å². The van der Waals surface area contributed by atoms with Crippen molar-refractivity contribution in [2.45, 2.75) is 32.9 Å². The minimum atomic E-state index is -0.558. The highest BCUT2D eigenvalue weighted by atomic mass is 16.5. The van der Waals surface area contributed by atoms with Gasteiger partial charge in [0.15, 0.2) is 0 Å².